The van der Waals surface area contributed by atoms with E-state index in [0.29, 0.717) is 12.0 Å². The number of nitrogens with one attached hydrogen (secondary N) is 2. The van der Waals surface area contributed by atoms with Crippen molar-refractivity contribution >= 4 is 11.7 Å². The summed E-state index contributed by atoms with van der Waals surface area (Å²) < 4.78 is 5.18. The van der Waals surface area contributed by atoms with Gasteiger partial charge in [-0.2, -0.15) is 0 Å². The van der Waals surface area contributed by atoms with Gasteiger partial charge in [-0.15, -0.1) is 0 Å². The first-order valence-electron chi connectivity index (χ1n) is 7.20. The first kappa shape index (κ1) is 13.2. The Bertz CT molecular complexity index is 492. The number of methoxy groups -OCH3 is 1. The van der Waals surface area contributed by atoms with Crippen LogP contribution in [0.15, 0.2) is 24.3 Å². The van der Waals surface area contributed by atoms with Crippen molar-refractivity contribution in [3.8, 4) is 5.75 Å². The first-order chi connectivity index (χ1) is 9.78. The second kappa shape index (κ2) is 5.71. The number of carbonyl (C=O) groups is 1. The number of likely N-dealkylation sites (tertiary alicyclic amines) is 1. The number of anilines is 1. The number of carbonyl (C=O) groups excluding carboxylic acids is 1. The fraction of sp³-hybridized carbons (Fsp3) is 0.533. The predicted molar refractivity (Wildman–Crippen MR) is 78.1 cm³/mol. The molecule has 2 unspecified atom stereocenters. The predicted octanol–water partition coefficient (Wildman–Crippen LogP) is 1.91. The summed E-state index contributed by atoms with van der Waals surface area (Å²) in [7, 11) is 1.63. The lowest BCUT2D eigenvalue weighted by Crippen LogP contribution is -2.50. The van der Waals surface area contributed by atoms with Gasteiger partial charge in [0.1, 0.15) is 5.75 Å². The van der Waals surface area contributed by atoms with Gasteiger partial charge in [-0.1, -0.05) is 6.07 Å². The number of rotatable bonds is 2. The maximum absolute atomic E-state index is 12.5. The van der Waals surface area contributed by atoms with Crippen LogP contribution in [0, 0.1) is 5.92 Å². The minimum Gasteiger partial charge on any atom is -0.497 e. The van der Waals surface area contributed by atoms with E-state index in [0.717, 1.165) is 37.5 Å². The zero-order valence-electron chi connectivity index (χ0n) is 11.8. The molecule has 1 aromatic carbocycles. The van der Waals surface area contributed by atoms with Crippen LogP contribution >= 0.6 is 0 Å². The van der Waals surface area contributed by atoms with E-state index < -0.39 is 0 Å². The van der Waals surface area contributed by atoms with Crippen molar-refractivity contribution < 1.29 is 9.53 Å². The average Bonchev–Trinajstić information content (AvgIpc) is 2.95. The monoisotopic (exact) mass is 275 g/mol. The van der Waals surface area contributed by atoms with E-state index >= 15 is 0 Å². The van der Waals surface area contributed by atoms with Crippen LogP contribution in [0.2, 0.25) is 0 Å². The van der Waals surface area contributed by atoms with Crippen molar-refractivity contribution in [3.05, 3.63) is 24.3 Å². The van der Waals surface area contributed by atoms with Crippen molar-refractivity contribution in [3.63, 3.8) is 0 Å². The molecule has 0 aromatic heterocycles. The normalized spacial score (nSPS) is 25.1. The van der Waals surface area contributed by atoms with E-state index in [1.807, 2.05) is 29.2 Å². The highest BCUT2D eigenvalue weighted by molar-refractivity contribution is 5.89. The molecular formula is C15H21N3O2. The molecule has 0 saturated carbocycles. The van der Waals surface area contributed by atoms with Gasteiger partial charge >= 0.3 is 6.03 Å². The number of urea groups is 1. The quantitative estimate of drug-likeness (QED) is 0.867. The number of nitrogens with zero attached hydrogens (tertiary/aromatic N) is 1. The van der Waals surface area contributed by atoms with Gasteiger partial charge in [0, 0.05) is 37.4 Å². The fourth-order valence-corrected chi connectivity index (χ4v) is 3.22. The molecule has 108 valence electrons. The average molecular weight is 275 g/mol. The summed E-state index contributed by atoms with van der Waals surface area (Å²) in [5, 5.41) is 6.37. The SMILES string of the molecule is COc1cccc(NC(=O)N2CCCC3CNCC32)c1. The summed E-state index contributed by atoms with van der Waals surface area (Å²) in [4.78, 5) is 14.4. The summed E-state index contributed by atoms with van der Waals surface area (Å²) in [6.07, 6.45) is 2.31. The number of piperidine rings is 1. The maximum atomic E-state index is 12.5. The second-order valence-electron chi connectivity index (χ2n) is 5.48. The molecule has 2 aliphatic rings. The van der Waals surface area contributed by atoms with Gasteiger partial charge < -0.3 is 20.3 Å². The molecule has 2 saturated heterocycles. The molecule has 3 rings (SSSR count). The lowest BCUT2D eigenvalue weighted by atomic mass is 9.92. The molecule has 2 fully saturated rings. The Hall–Kier alpha value is -1.75. The summed E-state index contributed by atoms with van der Waals surface area (Å²) in [5.74, 6) is 1.36. The topological polar surface area (TPSA) is 53.6 Å². The Morgan fingerprint density at radius 2 is 2.35 bits per heavy atom. The molecule has 2 atom stereocenters. The Morgan fingerprint density at radius 1 is 1.45 bits per heavy atom. The van der Waals surface area contributed by atoms with Crippen molar-refractivity contribution in [1.82, 2.24) is 10.2 Å². The van der Waals surface area contributed by atoms with Crippen LogP contribution < -0.4 is 15.4 Å². The van der Waals surface area contributed by atoms with Crippen LogP contribution in [-0.2, 0) is 0 Å². The summed E-state index contributed by atoms with van der Waals surface area (Å²) in [5.41, 5.74) is 0.780. The third-order valence-electron chi connectivity index (χ3n) is 4.26. The highest BCUT2D eigenvalue weighted by atomic mass is 16.5. The lowest BCUT2D eigenvalue weighted by molar-refractivity contribution is 0.147. The van der Waals surface area contributed by atoms with Gasteiger partial charge in [0.2, 0.25) is 0 Å². The van der Waals surface area contributed by atoms with E-state index in [2.05, 4.69) is 10.6 Å². The van der Waals surface area contributed by atoms with Crippen molar-refractivity contribution in [2.45, 2.75) is 18.9 Å². The Morgan fingerprint density at radius 3 is 3.20 bits per heavy atom. The number of fused-ring (bicyclic) bond motifs is 1. The van der Waals surface area contributed by atoms with Crippen LogP contribution in [0.3, 0.4) is 0 Å². The molecule has 5 heteroatoms. The molecule has 2 heterocycles. The number of hydrogen-bond donors (Lipinski definition) is 2. The van der Waals surface area contributed by atoms with E-state index in [9.17, 15) is 4.79 Å². The highest BCUT2D eigenvalue weighted by Gasteiger charge is 2.37. The van der Waals surface area contributed by atoms with Crippen molar-refractivity contribution in [2.24, 2.45) is 5.92 Å². The van der Waals surface area contributed by atoms with Crippen LogP contribution in [-0.4, -0.2) is 43.7 Å². The third-order valence-corrected chi connectivity index (χ3v) is 4.26. The van der Waals surface area contributed by atoms with E-state index in [1.54, 1.807) is 7.11 Å². The van der Waals surface area contributed by atoms with E-state index in [-0.39, 0.29) is 6.03 Å². The molecule has 2 amide bonds. The van der Waals surface area contributed by atoms with Crippen LogP contribution in [0.5, 0.6) is 5.75 Å². The zero-order valence-corrected chi connectivity index (χ0v) is 11.8. The summed E-state index contributed by atoms with van der Waals surface area (Å²) >= 11 is 0. The molecule has 0 aliphatic carbocycles. The largest absolute Gasteiger partial charge is 0.497 e. The molecule has 5 nitrogen and oxygen atoms in total. The smallest absolute Gasteiger partial charge is 0.322 e. The van der Waals surface area contributed by atoms with Crippen LogP contribution in [0.1, 0.15) is 12.8 Å². The minimum atomic E-state index is -0.00310. The Kier molecular flexibility index (Phi) is 3.78. The third kappa shape index (κ3) is 2.58. The Labute approximate surface area is 119 Å². The van der Waals surface area contributed by atoms with Gasteiger partial charge in [0.25, 0.3) is 0 Å². The molecule has 20 heavy (non-hydrogen) atoms. The second-order valence-corrected chi connectivity index (χ2v) is 5.48. The molecule has 2 N–H and O–H groups in total. The van der Waals surface area contributed by atoms with Gasteiger partial charge in [0.15, 0.2) is 0 Å². The summed E-state index contributed by atoms with van der Waals surface area (Å²) in [6, 6.07) is 7.81. The molecular weight excluding hydrogens is 254 g/mol. The molecule has 1 aromatic rings. The van der Waals surface area contributed by atoms with Gasteiger partial charge in [-0.25, -0.2) is 4.79 Å². The standard InChI is InChI=1S/C15H21N3O2/c1-20-13-6-2-5-12(8-13)17-15(19)18-7-3-4-11-9-16-10-14(11)18/h2,5-6,8,11,14,16H,3-4,7,9-10H2,1H3,(H,17,19). The lowest BCUT2D eigenvalue weighted by Gasteiger charge is -2.36. The van der Waals surface area contributed by atoms with Crippen molar-refractivity contribution in [1.29, 1.82) is 0 Å². The van der Waals surface area contributed by atoms with Crippen LogP contribution in [0.25, 0.3) is 0 Å². The molecule has 0 spiro atoms. The van der Waals surface area contributed by atoms with Crippen LogP contribution in [0.4, 0.5) is 10.5 Å². The molecule has 2 aliphatic heterocycles. The number of ether oxygens (including phenoxy) is 1. The van der Waals surface area contributed by atoms with Gasteiger partial charge in [-0.05, 0) is 30.9 Å². The highest BCUT2D eigenvalue weighted by Crippen LogP contribution is 2.27. The fourth-order valence-electron chi connectivity index (χ4n) is 3.22. The number of benzene rings is 1. The van der Waals surface area contributed by atoms with E-state index in [1.165, 1.54) is 6.42 Å². The van der Waals surface area contributed by atoms with Crippen molar-refractivity contribution in [2.75, 3.05) is 32.1 Å². The van der Waals surface area contributed by atoms with E-state index in [4.69, 9.17) is 4.74 Å². The summed E-state index contributed by atoms with van der Waals surface area (Å²) in [6.45, 7) is 2.79. The maximum Gasteiger partial charge on any atom is 0.322 e. The van der Waals surface area contributed by atoms with Gasteiger partial charge in [0.05, 0.1) is 7.11 Å². The minimum absolute atomic E-state index is 0.00310. The Balaban J connectivity index is 1.68. The zero-order chi connectivity index (χ0) is 13.9. The molecule has 0 radical (unpaired) electrons. The first-order valence-corrected chi connectivity index (χ1v) is 7.20. The molecule has 0 bridgehead atoms. The number of amides is 2. The van der Waals surface area contributed by atoms with Gasteiger partial charge in [-0.3, -0.25) is 0 Å². The number of hydrogen-bond acceptors (Lipinski definition) is 3.